The van der Waals surface area contributed by atoms with Crippen molar-refractivity contribution in [2.45, 2.75) is 96.0 Å². The third-order valence-corrected chi connectivity index (χ3v) is 13.2. The number of rotatable bonds is 6. The molecule has 1 saturated heterocycles. The van der Waals surface area contributed by atoms with E-state index in [-0.39, 0.29) is 22.7 Å². The number of nitrogens with zero attached hydrogens (tertiary/aromatic N) is 2. The van der Waals surface area contributed by atoms with Gasteiger partial charge in [-0.2, -0.15) is 0 Å². The molecule has 5 nitrogen and oxygen atoms in total. The molecule has 36 heavy (non-hydrogen) atoms. The van der Waals surface area contributed by atoms with Crippen LogP contribution >= 0.6 is 0 Å². The van der Waals surface area contributed by atoms with E-state index >= 15 is 0 Å². The predicted molar refractivity (Wildman–Crippen MR) is 150 cm³/mol. The second kappa shape index (κ2) is 10.3. The van der Waals surface area contributed by atoms with Crippen molar-refractivity contribution >= 4 is 24.8 Å². The number of carbonyl (C=O) groups is 1. The minimum atomic E-state index is -2.52. The van der Waals surface area contributed by atoms with Crippen LogP contribution in [0.1, 0.15) is 67.2 Å². The van der Waals surface area contributed by atoms with Crippen molar-refractivity contribution < 1.29 is 14.3 Å². The van der Waals surface area contributed by atoms with E-state index in [2.05, 4.69) is 86.3 Å². The summed E-state index contributed by atoms with van der Waals surface area (Å²) in [4.78, 5) is 16.2. The van der Waals surface area contributed by atoms with Crippen LogP contribution in [0.25, 0.3) is 0 Å². The summed E-state index contributed by atoms with van der Waals surface area (Å²) in [6.07, 6.45) is 3.40. The fraction of sp³-hybridized carbons (Fsp3) is 0.567. The highest BCUT2D eigenvalue weighted by molar-refractivity contribution is 6.99. The second-order valence-corrected chi connectivity index (χ2v) is 16.9. The molecule has 0 unspecified atom stereocenters. The Balaban J connectivity index is 1.46. The van der Waals surface area contributed by atoms with E-state index in [1.54, 1.807) is 4.90 Å². The van der Waals surface area contributed by atoms with Gasteiger partial charge in [0, 0.05) is 30.7 Å². The summed E-state index contributed by atoms with van der Waals surface area (Å²) in [5.74, 6) is 0. The Morgan fingerprint density at radius 2 is 1.33 bits per heavy atom. The number of hydrogen-bond acceptors (Lipinski definition) is 3. The van der Waals surface area contributed by atoms with Gasteiger partial charge >= 0.3 is 6.09 Å². The van der Waals surface area contributed by atoms with Crippen LogP contribution in [-0.4, -0.2) is 66.1 Å². The Hall–Kier alpha value is -2.15. The highest BCUT2D eigenvalue weighted by atomic mass is 28.4. The molecule has 0 atom stereocenters. The lowest BCUT2D eigenvalue weighted by Gasteiger charge is -2.52. The van der Waals surface area contributed by atoms with Crippen molar-refractivity contribution in [3.8, 4) is 0 Å². The second-order valence-electron chi connectivity index (χ2n) is 12.6. The van der Waals surface area contributed by atoms with Crippen molar-refractivity contribution in [3.05, 3.63) is 60.7 Å². The van der Waals surface area contributed by atoms with Gasteiger partial charge in [-0.15, -0.1) is 0 Å². The van der Waals surface area contributed by atoms with Crippen molar-refractivity contribution in [1.29, 1.82) is 0 Å². The monoisotopic (exact) mass is 508 g/mol. The van der Waals surface area contributed by atoms with E-state index in [9.17, 15) is 9.90 Å². The van der Waals surface area contributed by atoms with Gasteiger partial charge in [0.2, 0.25) is 0 Å². The first-order chi connectivity index (χ1) is 16.9. The molecule has 2 aromatic carbocycles. The molecular weight excluding hydrogens is 464 g/mol. The van der Waals surface area contributed by atoms with Crippen molar-refractivity contribution in [2.24, 2.45) is 0 Å². The fourth-order valence-corrected chi connectivity index (χ4v) is 11.1. The van der Waals surface area contributed by atoms with Crippen molar-refractivity contribution in [3.63, 3.8) is 0 Å². The highest BCUT2D eigenvalue weighted by Crippen LogP contribution is 2.39. The average molecular weight is 509 g/mol. The Morgan fingerprint density at radius 1 is 0.861 bits per heavy atom. The van der Waals surface area contributed by atoms with Gasteiger partial charge < -0.3 is 14.4 Å². The zero-order chi connectivity index (χ0) is 26.1. The van der Waals surface area contributed by atoms with Crippen LogP contribution in [0.4, 0.5) is 4.79 Å². The normalized spacial score (nSPS) is 22.2. The van der Waals surface area contributed by atoms with Gasteiger partial charge in [-0.3, -0.25) is 4.90 Å². The molecule has 1 heterocycles. The van der Waals surface area contributed by atoms with Gasteiger partial charge in [-0.05, 0) is 61.9 Å². The molecule has 2 fully saturated rings. The minimum absolute atomic E-state index is 0.0125. The van der Waals surface area contributed by atoms with Crippen LogP contribution < -0.4 is 10.4 Å². The lowest BCUT2D eigenvalue weighted by Crippen LogP contribution is -2.71. The molecule has 2 aliphatic rings. The lowest BCUT2D eigenvalue weighted by atomic mass is 9.86. The zero-order valence-corrected chi connectivity index (χ0v) is 23.9. The highest BCUT2D eigenvalue weighted by Gasteiger charge is 2.53. The third kappa shape index (κ3) is 5.27. The Labute approximate surface area is 218 Å². The summed E-state index contributed by atoms with van der Waals surface area (Å²) in [5, 5.41) is 12.4. The quantitative estimate of drug-likeness (QED) is 0.536. The average Bonchev–Trinajstić information content (AvgIpc) is 2.78. The summed E-state index contributed by atoms with van der Waals surface area (Å²) in [6.45, 7) is 14.9. The third-order valence-electron chi connectivity index (χ3n) is 8.11. The van der Waals surface area contributed by atoms with E-state index in [0.717, 1.165) is 38.8 Å². The van der Waals surface area contributed by atoms with E-state index in [1.165, 1.54) is 10.4 Å². The maximum Gasteiger partial charge on any atom is 0.407 e. The molecule has 1 aliphatic heterocycles. The molecule has 1 N–H and O–H groups in total. The van der Waals surface area contributed by atoms with Gasteiger partial charge in [0.1, 0.15) is 0 Å². The molecular formula is C30H44N2O3Si. The van der Waals surface area contributed by atoms with Crippen LogP contribution in [0.5, 0.6) is 0 Å². The maximum atomic E-state index is 11.9. The number of hydrogen-bond donors (Lipinski definition) is 1. The minimum Gasteiger partial charge on any atom is -0.465 e. The topological polar surface area (TPSA) is 53.0 Å². The number of likely N-dealkylation sites (tertiary alicyclic amines) is 1. The zero-order valence-electron chi connectivity index (χ0n) is 22.9. The van der Waals surface area contributed by atoms with E-state index in [0.29, 0.717) is 6.04 Å². The molecule has 4 rings (SSSR count). The van der Waals surface area contributed by atoms with Crippen LogP contribution in [-0.2, 0) is 4.43 Å². The number of benzene rings is 2. The molecule has 1 saturated carbocycles. The first kappa shape index (κ1) is 26.9. The lowest BCUT2D eigenvalue weighted by molar-refractivity contribution is -0.0339. The SMILES string of the molecule is CC(C)(C)N(C(=O)O)C1CCC(N2CC(O[Si](c3ccccc3)(c3ccccc3)C(C)(C)C)C2)CC1. The molecule has 1 aliphatic carbocycles. The van der Waals surface area contributed by atoms with Crippen LogP contribution in [0.3, 0.4) is 0 Å². The van der Waals surface area contributed by atoms with Gasteiger partial charge in [0.05, 0.1) is 6.10 Å². The first-order valence-corrected chi connectivity index (χ1v) is 15.4. The summed E-state index contributed by atoms with van der Waals surface area (Å²) in [7, 11) is -2.52. The maximum absolute atomic E-state index is 11.9. The van der Waals surface area contributed by atoms with Crippen LogP contribution in [0.15, 0.2) is 60.7 Å². The van der Waals surface area contributed by atoms with Crippen LogP contribution in [0, 0.1) is 0 Å². The predicted octanol–water partition coefficient (Wildman–Crippen LogP) is 5.34. The Bertz CT molecular complexity index is 962. The van der Waals surface area contributed by atoms with Gasteiger partial charge in [0.25, 0.3) is 8.32 Å². The van der Waals surface area contributed by atoms with E-state index in [4.69, 9.17) is 4.43 Å². The van der Waals surface area contributed by atoms with E-state index in [1.807, 2.05) is 20.8 Å². The Kier molecular flexibility index (Phi) is 7.70. The first-order valence-electron chi connectivity index (χ1n) is 13.5. The Morgan fingerprint density at radius 3 is 1.72 bits per heavy atom. The molecule has 196 valence electrons. The molecule has 0 spiro atoms. The van der Waals surface area contributed by atoms with Crippen molar-refractivity contribution in [2.75, 3.05) is 13.1 Å². The molecule has 2 aromatic rings. The van der Waals surface area contributed by atoms with Crippen molar-refractivity contribution in [1.82, 2.24) is 9.80 Å². The largest absolute Gasteiger partial charge is 0.465 e. The summed E-state index contributed by atoms with van der Waals surface area (Å²) < 4.78 is 7.28. The van der Waals surface area contributed by atoms with E-state index < -0.39 is 14.4 Å². The van der Waals surface area contributed by atoms with Gasteiger partial charge in [0.15, 0.2) is 0 Å². The summed E-state index contributed by atoms with van der Waals surface area (Å²) in [6, 6.07) is 22.4. The van der Waals surface area contributed by atoms with Crippen LogP contribution in [0.2, 0.25) is 5.04 Å². The van der Waals surface area contributed by atoms with Gasteiger partial charge in [-0.1, -0.05) is 81.4 Å². The number of carboxylic acid groups (broad SMARTS) is 1. The fourth-order valence-electron chi connectivity index (χ4n) is 6.46. The summed E-state index contributed by atoms with van der Waals surface area (Å²) >= 11 is 0. The standard InChI is InChI=1S/C30H44N2O3Si/c1-29(2,3)32(28(33)34)24-19-17-23(18-20-24)31-21-25(22-31)35-36(30(4,5)6,26-13-9-7-10-14-26)27-15-11-8-12-16-27/h7-16,23-25H,17-22H2,1-6H3,(H,33,34). The molecule has 0 bridgehead atoms. The molecule has 0 aromatic heterocycles. The molecule has 1 amide bonds. The summed E-state index contributed by atoms with van der Waals surface area (Å²) in [5.41, 5.74) is -0.366. The van der Waals surface area contributed by atoms with Gasteiger partial charge in [-0.25, -0.2) is 4.79 Å². The number of amides is 1. The molecule has 6 heteroatoms. The smallest absolute Gasteiger partial charge is 0.407 e. The molecule has 0 radical (unpaired) electrons.